The van der Waals surface area contributed by atoms with Crippen molar-refractivity contribution in [2.24, 2.45) is 0 Å². The third-order valence-corrected chi connectivity index (χ3v) is 4.64. The highest BCUT2D eigenvalue weighted by Gasteiger charge is 2.42. The van der Waals surface area contributed by atoms with Crippen molar-refractivity contribution in [3.05, 3.63) is 68.5 Å². The van der Waals surface area contributed by atoms with Crippen LogP contribution in [-0.2, 0) is 14.3 Å². The van der Waals surface area contributed by atoms with Gasteiger partial charge in [0, 0.05) is 6.07 Å². The average molecular weight is 450 g/mol. The van der Waals surface area contributed by atoms with Crippen LogP contribution in [0.4, 0.5) is 15.8 Å². The number of hydrogen-bond acceptors (Lipinski definition) is 7. The third-order valence-electron chi connectivity index (χ3n) is 4.33. The van der Waals surface area contributed by atoms with E-state index in [9.17, 15) is 33.7 Å². The molecule has 1 atom stereocenters. The molecule has 0 saturated heterocycles. The quantitative estimate of drug-likeness (QED) is 0.309. The summed E-state index contributed by atoms with van der Waals surface area (Å²) in [5.41, 5.74) is -1.09. The van der Waals surface area contributed by atoms with Crippen LogP contribution in [0.1, 0.15) is 27.6 Å². The van der Waals surface area contributed by atoms with E-state index in [1.54, 1.807) is 0 Å². The van der Waals surface area contributed by atoms with Crippen LogP contribution in [0, 0.1) is 15.9 Å². The van der Waals surface area contributed by atoms with Crippen LogP contribution in [0.2, 0.25) is 5.02 Å². The molecular weight excluding hydrogens is 437 g/mol. The highest BCUT2D eigenvalue weighted by molar-refractivity contribution is 6.33. The van der Waals surface area contributed by atoms with Crippen molar-refractivity contribution in [2.75, 3.05) is 11.9 Å². The first-order valence-electron chi connectivity index (χ1n) is 8.69. The van der Waals surface area contributed by atoms with Crippen molar-refractivity contribution in [3.63, 3.8) is 0 Å². The second-order valence-electron chi connectivity index (χ2n) is 6.40. The first kappa shape index (κ1) is 21.8. The Balaban J connectivity index is 1.66. The number of nitro groups is 1. The maximum Gasteiger partial charge on any atom is 0.326 e. The molecule has 0 saturated carbocycles. The van der Waals surface area contributed by atoms with Crippen LogP contribution < -0.4 is 5.32 Å². The van der Waals surface area contributed by atoms with E-state index in [1.807, 2.05) is 0 Å². The fraction of sp³-hybridized carbons (Fsp3) is 0.158. The van der Waals surface area contributed by atoms with E-state index in [0.717, 1.165) is 18.2 Å². The van der Waals surface area contributed by atoms with Crippen molar-refractivity contribution in [1.82, 2.24) is 4.90 Å². The zero-order chi connectivity index (χ0) is 22.9. The van der Waals surface area contributed by atoms with Gasteiger partial charge in [-0.2, -0.15) is 0 Å². The Morgan fingerprint density at radius 1 is 1.26 bits per heavy atom. The SMILES string of the molecule is CC(OC(=O)CN1C(=O)c2cccc([N+](=O)[O-])c2C1=O)C(=O)Nc1ccc(F)cc1Cl. The third kappa shape index (κ3) is 4.36. The lowest BCUT2D eigenvalue weighted by Gasteiger charge is -2.17. The van der Waals surface area contributed by atoms with Crippen LogP contribution in [-0.4, -0.2) is 46.2 Å². The summed E-state index contributed by atoms with van der Waals surface area (Å²) in [5.74, 6) is -4.40. The number of anilines is 1. The Kier molecular flexibility index (Phi) is 5.97. The summed E-state index contributed by atoms with van der Waals surface area (Å²) in [4.78, 5) is 60.0. The zero-order valence-electron chi connectivity index (χ0n) is 15.8. The number of nitrogens with one attached hydrogen (secondary N) is 1. The molecule has 12 heteroatoms. The van der Waals surface area contributed by atoms with E-state index < -0.39 is 58.3 Å². The van der Waals surface area contributed by atoms with Gasteiger partial charge in [0.2, 0.25) is 0 Å². The van der Waals surface area contributed by atoms with Gasteiger partial charge in [-0.1, -0.05) is 17.7 Å². The lowest BCUT2D eigenvalue weighted by atomic mass is 10.1. The van der Waals surface area contributed by atoms with Crippen molar-refractivity contribution in [2.45, 2.75) is 13.0 Å². The number of carbonyl (C=O) groups excluding carboxylic acids is 4. The maximum atomic E-state index is 13.1. The summed E-state index contributed by atoms with van der Waals surface area (Å²) < 4.78 is 18.0. The number of hydrogen-bond donors (Lipinski definition) is 1. The van der Waals surface area contributed by atoms with Crippen molar-refractivity contribution < 1.29 is 33.2 Å². The van der Waals surface area contributed by atoms with Gasteiger partial charge < -0.3 is 10.1 Å². The van der Waals surface area contributed by atoms with Crippen LogP contribution in [0.25, 0.3) is 0 Å². The number of rotatable bonds is 6. The Hall–Kier alpha value is -3.86. The van der Waals surface area contributed by atoms with Gasteiger partial charge >= 0.3 is 5.97 Å². The van der Waals surface area contributed by atoms with Gasteiger partial charge in [0.15, 0.2) is 6.10 Å². The fourth-order valence-electron chi connectivity index (χ4n) is 2.85. The Morgan fingerprint density at radius 2 is 1.97 bits per heavy atom. The van der Waals surface area contributed by atoms with Crippen molar-refractivity contribution >= 4 is 46.7 Å². The number of carbonyl (C=O) groups is 4. The number of imide groups is 1. The molecule has 2 aromatic rings. The fourth-order valence-corrected chi connectivity index (χ4v) is 3.07. The summed E-state index contributed by atoms with van der Waals surface area (Å²) in [6.07, 6.45) is -1.35. The van der Waals surface area contributed by atoms with Crippen LogP contribution >= 0.6 is 11.6 Å². The van der Waals surface area contributed by atoms with E-state index in [0.29, 0.717) is 4.90 Å². The summed E-state index contributed by atoms with van der Waals surface area (Å²) in [5, 5.41) is 13.4. The maximum absolute atomic E-state index is 13.1. The van der Waals surface area contributed by atoms with Gasteiger partial charge in [-0.3, -0.25) is 34.2 Å². The first-order chi connectivity index (χ1) is 14.6. The Labute approximate surface area is 178 Å². The van der Waals surface area contributed by atoms with E-state index in [2.05, 4.69) is 5.32 Å². The molecule has 3 rings (SSSR count). The van der Waals surface area contributed by atoms with Gasteiger partial charge in [0.1, 0.15) is 17.9 Å². The van der Waals surface area contributed by atoms with Crippen molar-refractivity contribution in [3.8, 4) is 0 Å². The molecule has 10 nitrogen and oxygen atoms in total. The molecule has 160 valence electrons. The zero-order valence-corrected chi connectivity index (χ0v) is 16.5. The summed E-state index contributed by atoms with van der Waals surface area (Å²) in [6.45, 7) is 0.385. The van der Waals surface area contributed by atoms with Gasteiger partial charge in [-0.25, -0.2) is 4.39 Å². The second-order valence-corrected chi connectivity index (χ2v) is 6.81. The van der Waals surface area contributed by atoms with E-state index in [1.165, 1.54) is 25.1 Å². The van der Waals surface area contributed by atoms with Gasteiger partial charge in [0.25, 0.3) is 23.4 Å². The first-order valence-corrected chi connectivity index (χ1v) is 9.07. The molecule has 0 aliphatic carbocycles. The molecule has 0 spiro atoms. The lowest BCUT2D eigenvalue weighted by molar-refractivity contribution is -0.385. The predicted octanol–water partition coefficient (Wildman–Crippen LogP) is 2.55. The van der Waals surface area contributed by atoms with E-state index in [-0.39, 0.29) is 16.3 Å². The number of benzene rings is 2. The molecule has 1 unspecified atom stereocenters. The minimum absolute atomic E-state index is 0.0699. The molecule has 0 radical (unpaired) electrons. The number of nitro benzene ring substituents is 1. The summed E-state index contributed by atoms with van der Waals surface area (Å²) in [7, 11) is 0. The molecule has 1 aliphatic rings. The molecule has 0 fully saturated rings. The highest BCUT2D eigenvalue weighted by atomic mass is 35.5. The minimum atomic E-state index is -1.35. The molecular formula is C19H13ClFN3O7. The second kappa shape index (κ2) is 8.48. The lowest BCUT2D eigenvalue weighted by Crippen LogP contribution is -2.38. The van der Waals surface area contributed by atoms with Crippen LogP contribution in [0.3, 0.4) is 0 Å². The molecule has 1 heterocycles. The molecule has 1 aliphatic heterocycles. The Morgan fingerprint density at radius 3 is 2.61 bits per heavy atom. The number of amides is 3. The summed E-state index contributed by atoms with van der Waals surface area (Å²) in [6, 6.07) is 6.82. The van der Waals surface area contributed by atoms with Gasteiger partial charge in [0.05, 0.1) is 21.2 Å². The summed E-state index contributed by atoms with van der Waals surface area (Å²) >= 11 is 5.82. The number of nitrogens with zero attached hydrogens (tertiary/aromatic N) is 2. The predicted molar refractivity (Wildman–Crippen MR) is 104 cm³/mol. The van der Waals surface area contributed by atoms with E-state index in [4.69, 9.17) is 16.3 Å². The topological polar surface area (TPSA) is 136 Å². The smallest absolute Gasteiger partial charge is 0.326 e. The Bertz CT molecular complexity index is 1140. The molecule has 0 aromatic heterocycles. The van der Waals surface area contributed by atoms with Crippen molar-refractivity contribution in [1.29, 1.82) is 0 Å². The molecule has 0 bridgehead atoms. The molecule has 1 N–H and O–H groups in total. The van der Waals surface area contributed by atoms with E-state index >= 15 is 0 Å². The molecule has 3 amide bonds. The van der Waals surface area contributed by atoms with Crippen LogP contribution in [0.15, 0.2) is 36.4 Å². The average Bonchev–Trinajstić information content (AvgIpc) is 2.94. The number of fused-ring (bicyclic) bond motifs is 1. The minimum Gasteiger partial charge on any atom is -0.451 e. The number of ether oxygens (including phenoxy) is 1. The van der Waals surface area contributed by atoms with Gasteiger partial charge in [-0.15, -0.1) is 0 Å². The van der Waals surface area contributed by atoms with Crippen LogP contribution in [0.5, 0.6) is 0 Å². The standard InChI is InChI=1S/C19H13ClFN3O7/c1-9(17(26)22-13-6-5-10(21)7-12(13)20)31-15(25)8-23-18(27)11-3-2-4-14(24(29)30)16(11)19(23)28/h2-7,9H,8H2,1H3,(H,22,26). The number of halogens is 2. The monoisotopic (exact) mass is 449 g/mol. The largest absolute Gasteiger partial charge is 0.451 e. The molecule has 31 heavy (non-hydrogen) atoms. The molecule has 2 aromatic carbocycles. The number of esters is 1. The van der Waals surface area contributed by atoms with Gasteiger partial charge in [-0.05, 0) is 31.2 Å². The highest BCUT2D eigenvalue weighted by Crippen LogP contribution is 2.30. The normalized spacial score (nSPS) is 13.6.